The lowest BCUT2D eigenvalue weighted by Crippen LogP contribution is -2.03. The summed E-state index contributed by atoms with van der Waals surface area (Å²) in [6, 6.07) is 11.6. The maximum absolute atomic E-state index is 12.2. The molecule has 0 aliphatic heterocycles. The summed E-state index contributed by atoms with van der Waals surface area (Å²) in [5.74, 6) is 0. The molecule has 102 valence electrons. The zero-order valence-corrected chi connectivity index (χ0v) is 11.2. The Balaban J connectivity index is 2.45. The van der Waals surface area contributed by atoms with Crippen LogP contribution in [0, 0.1) is 29.2 Å². The van der Waals surface area contributed by atoms with E-state index in [4.69, 9.17) is 0 Å². The minimum atomic E-state index is -0.481. The summed E-state index contributed by atoms with van der Waals surface area (Å²) >= 11 is 0. The van der Waals surface area contributed by atoms with E-state index in [1.165, 1.54) is 18.3 Å². The molecule has 0 saturated carbocycles. The predicted molar refractivity (Wildman–Crippen MR) is 77.5 cm³/mol. The summed E-state index contributed by atoms with van der Waals surface area (Å²) in [5.41, 5.74) is 2.76. The first-order valence-corrected chi connectivity index (χ1v) is 6.11. The highest BCUT2D eigenvalue weighted by atomic mass is 16.6. The van der Waals surface area contributed by atoms with Crippen molar-refractivity contribution in [1.29, 1.82) is 0 Å². The number of hydrogen-bond donors (Lipinski definition) is 0. The van der Waals surface area contributed by atoms with Crippen LogP contribution in [0.15, 0.2) is 42.5 Å². The molecule has 2 aromatic rings. The first kappa shape index (κ1) is 13.7. The van der Waals surface area contributed by atoms with Gasteiger partial charge >= 0.3 is 0 Å². The number of hydrogen-bond acceptors (Lipinski definition) is 3. The monoisotopic (exact) mass is 270 g/mol. The summed E-state index contributed by atoms with van der Waals surface area (Å²) in [7, 11) is 0. The lowest BCUT2D eigenvalue weighted by Gasteiger charge is -2.08. The quantitative estimate of drug-likeness (QED) is 0.282. The third-order valence-electron chi connectivity index (χ3n) is 3.01. The Labute approximate surface area is 116 Å². The predicted octanol–water partition coefficient (Wildman–Crippen LogP) is 3.47. The molecule has 5 heteroatoms. The van der Waals surface area contributed by atoms with E-state index in [0.717, 1.165) is 15.9 Å². The van der Waals surface area contributed by atoms with Gasteiger partial charge in [0.15, 0.2) is 6.21 Å². The number of rotatable bonds is 3. The maximum atomic E-state index is 12.2. The number of aryl methyl sites for hydroxylation is 2. The van der Waals surface area contributed by atoms with Crippen molar-refractivity contribution in [1.82, 2.24) is 0 Å². The molecular weight excluding hydrogens is 256 g/mol. The maximum Gasteiger partial charge on any atom is 0.270 e. The Morgan fingerprint density at radius 1 is 1.00 bits per heavy atom. The first-order valence-electron chi connectivity index (χ1n) is 6.11. The van der Waals surface area contributed by atoms with E-state index >= 15 is 0 Å². The second-order valence-electron chi connectivity index (χ2n) is 4.55. The van der Waals surface area contributed by atoms with Crippen LogP contribution in [0.3, 0.4) is 0 Å². The molecule has 0 aromatic heterocycles. The number of benzene rings is 2. The van der Waals surface area contributed by atoms with Crippen molar-refractivity contribution < 1.29 is 9.66 Å². The summed E-state index contributed by atoms with van der Waals surface area (Å²) in [6.45, 7) is 3.71. The van der Waals surface area contributed by atoms with Crippen molar-refractivity contribution in [3.63, 3.8) is 0 Å². The molecule has 0 fully saturated rings. The third kappa shape index (κ3) is 2.83. The second-order valence-corrected chi connectivity index (χ2v) is 4.55. The van der Waals surface area contributed by atoms with Crippen molar-refractivity contribution in [2.75, 3.05) is 0 Å². The van der Waals surface area contributed by atoms with Gasteiger partial charge in [-0.15, -0.1) is 0 Å². The Morgan fingerprint density at radius 3 is 2.20 bits per heavy atom. The summed E-state index contributed by atoms with van der Waals surface area (Å²) in [4.78, 5) is 10.2. The number of para-hydroxylation sites is 1. The highest BCUT2D eigenvalue weighted by molar-refractivity contribution is 5.78. The normalized spacial score (nSPS) is 11.4. The molecule has 5 nitrogen and oxygen atoms in total. The number of non-ortho nitro benzene ring substituents is 1. The first-order chi connectivity index (χ1) is 9.49. The van der Waals surface area contributed by atoms with E-state index < -0.39 is 4.92 Å². The van der Waals surface area contributed by atoms with Gasteiger partial charge < -0.3 is 5.21 Å². The van der Waals surface area contributed by atoms with Crippen LogP contribution in [-0.2, 0) is 0 Å². The molecule has 0 unspecified atom stereocenters. The molecule has 2 aromatic carbocycles. The lowest BCUT2D eigenvalue weighted by atomic mass is 10.1. The standard InChI is InChI=1S/C15H14N2O3/c1-11-5-3-6-12(2)15(11)16(18)10-13-7-4-8-14(9-13)17(19)20/h3-10H,1-2H3. The molecule has 0 aliphatic rings. The van der Waals surface area contributed by atoms with E-state index in [1.54, 1.807) is 12.1 Å². The number of nitro benzene ring substituents is 1. The van der Waals surface area contributed by atoms with Gasteiger partial charge in [-0.25, -0.2) is 0 Å². The largest absolute Gasteiger partial charge is 0.618 e. The zero-order chi connectivity index (χ0) is 14.7. The van der Waals surface area contributed by atoms with Gasteiger partial charge in [-0.3, -0.25) is 10.1 Å². The SMILES string of the molecule is Cc1cccc(C)c1[N+]([O-])=Cc1cccc([N+](=O)[O-])c1. The van der Waals surface area contributed by atoms with Crippen molar-refractivity contribution in [2.24, 2.45) is 0 Å². The van der Waals surface area contributed by atoms with Gasteiger partial charge in [0.1, 0.15) is 0 Å². The Hall–Kier alpha value is -2.69. The van der Waals surface area contributed by atoms with Crippen LogP contribution in [0.2, 0.25) is 0 Å². The van der Waals surface area contributed by atoms with E-state index in [0.29, 0.717) is 11.3 Å². The Kier molecular flexibility index (Phi) is 3.79. The van der Waals surface area contributed by atoms with Crippen LogP contribution in [0.5, 0.6) is 0 Å². The van der Waals surface area contributed by atoms with Crippen molar-refractivity contribution in [2.45, 2.75) is 13.8 Å². The highest BCUT2D eigenvalue weighted by Gasteiger charge is 2.11. The van der Waals surface area contributed by atoms with Gasteiger partial charge in [0.05, 0.1) is 4.92 Å². The molecule has 2 rings (SSSR count). The van der Waals surface area contributed by atoms with Crippen LogP contribution in [0.4, 0.5) is 11.4 Å². The van der Waals surface area contributed by atoms with Gasteiger partial charge in [-0.2, -0.15) is 4.74 Å². The fourth-order valence-corrected chi connectivity index (χ4v) is 2.07. The fraction of sp³-hybridized carbons (Fsp3) is 0.133. The smallest absolute Gasteiger partial charge is 0.270 e. The average Bonchev–Trinajstić information content (AvgIpc) is 2.38. The lowest BCUT2D eigenvalue weighted by molar-refractivity contribution is -0.385. The van der Waals surface area contributed by atoms with Gasteiger partial charge in [-0.1, -0.05) is 24.3 Å². The van der Waals surface area contributed by atoms with Crippen LogP contribution in [-0.4, -0.2) is 15.9 Å². The molecule has 0 N–H and O–H groups in total. The van der Waals surface area contributed by atoms with Crippen molar-refractivity contribution >= 4 is 17.6 Å². The van der Waals surface area contributed by atoms with Gasteiger partial charge in [0, 0.05) is 28.8 Å². The molecule has 0 saturated heterocycles. The topological polar surface area (TPSA) is 69.2 Å². The second kappa shape index (κ2) is 5.52. The molecule has 0 aliphatic carbocycles. The van der Waals surface area contributed by atoms with Crippen LogP contribution in [0.25, 0.3) is 0 Å². The zero-order valence-electron chi connectivity index (χ0n) is 11.2. The minimum Gasteiger partial charge on any atom is -0.618 e. The van der Waals surface area contributed by atoms with Gasteiger partial charge in [-0.05, 0) is 19.9 Å². The van der Waals surface area contributed by atoms with Crippen molar-refractivity contribution in [3.8, 4) is 0 Å². The number of nitrogens with zero attached hydrogens (tertiary/aromatic N) is 2. The fourth-order valence-electron chi connectivity index (χ4n) is 2.07. The van der Waals surface area contributed by atoms with Crippen LogP contribution < -0.4 is 0 Å². The average molecular weight is 270 g/mol. The molecule has 20 heavy (non-hydrogen) atoms. The van der Waals surface area contributed by atoms with Gasteiger partial charge in [0.25, 0.3) is 5.69 Å². The Bertz CT molecular complexity index is 673. The van der Waals surface area contributed by atoms with E-state index in [-0.39, 0.29) is 5.69 Å². The van der Waals surface area contributed by atoms with Crippen LogP contribution in [0.1, 0.15) is 16.7 Å². The molecule has 0 heterocycles. The molecule has 0 spiro atoms. The summed E-state index contributed by atoms with van der Waals surface area (Å²) < 4.78 is 0.754. The summed E-state index contributed by atoms with van der Waals surface area (Å²) in [5, 5.41) is 22.9. The molecule has 0 atom stereocenters. The highest BCUT2D eigenvalue weighted by Crippen LogP contribution is 2.22. The third-order valence-corrected chi connectivity index (χ3v) is 3.01. The molecule has 0 bridgehead atoms. The number of nitro groups is 1. The van der Waals surface area contributed by atoms with E-state index in [9.17, 15) is 15.3 Å². The molecule has 0 radical (unpaired) electrons. The Morgan fingerprint density at radius 2 is 1.60 bits per heavy atom. The van der Waals surface area contributed by atoms with Crippen LogP contribution >= 0.6 is 0 Å². The molecule has 0 amide bonds. The van der Waals surface area contributed by atoms with Gasteiger partial charge in [0.2, 0.25) is 5.69 Å². The van der Waals surface area contributed by atoms with E-state index in [1.807, 2.05) is 32.0 Å². The van der Waals surface area contributed by atoms with Crippen molar-refractivity contribution in [3.05, 3.63) is 74.5 Å². The molecular formula is C15H14N2O3. The minimum absolute atomic E-state index is 0.0337. The summed E-state index contributed by atoms with van der Waals surface area (Å²) in [6.07, 6.45) is 1.35. The van der Waals surface area contributed by atoms with E-state index in [2.05, 4.69) is 0 Å².